The summed E-state index contributed by atoms with van der Waals surface area (Å²) in [6, 6.07) is 0. The van der Waals surface area contributed by atoms with E-state index in [1.807, 2.05) is 5.38 Å². The maximum absolute atomic E-state index is 10.4. The third-order valence-electron chi connectivity index (χ3n) is 1.74. The van der Waals surface area contributed by atoms with Gasteiger partial charge in [0.2, 0.25) is 0 Å². The third kappa shape index (κ3) is 2.76. The zero-order chi connectivity index (χ0) is 11.4. The number of rotatable bonds is 5. The second kappa shape index (κ2) is 4.71. The Hall–Kier alpha value is -1.96. The van der Waals surface area contributed by atoms with Crippen LogP contribution in [0.5, 0.6) is 0 Å². The Labute approximate surface area is 94.7 Å². The van der Waals surface area contributed by atoms with E-state index < -0.39 is 5.97 Å². The Bertz CT molecular complexity index is 466. The van der Waals surface area contributed by atoms with Crippen LogP contribution in [0.2, 0.25) is 0 Å². The van der Waals surface area contributed by atoms with Crippen molar-refractivity contribution in [1.29, 1.82) is 0 Å². The van der Waals surface area contributed by atoms with Crippen LogP contribution in [0.15, 0.2) is 17.8 Å². The van der Waals surface area contributed by atoms with Gasteiger partial charge in [0, 0.05) is 11.6 Å². The largest absolute Gasteiger partial charge is 0.480 e. The van der Waals surface area contributed by atoms with E-state index in [1.54, 1.807) is 12.4 Å². The second-order valence-electron chi connectivity index (χ2n) is 2.99. The van der Waals surface area contributed by atoms with E-state index >= 15 is 0 Å². The van der Waals surface area contributed by atoms with Crippen LogP contribution in [0.3, 0.4) is 0 Å². The van der Waals surface area contributed by atoms with E-state index in [0.717, 1.165) is 5.13 Å². The van der Waals surface area contributed by atoms with Gasteiger partial charge in [-0.2, -0.15) is 0 Å². The van der Waals surface area contributed by atoms with E-state index in [2.05, 4.69) is 20.6 Å². The van der Waals surface area contributed by atoms with Gasteiger partial charge in [-0.05, 0) is 0 Å². The van der Waals surface area contributed by atoms with E-state index in [1.165, 1.54) is 16.0 Å². The van der Waals surface area contributed by atoms with E-state index in [-0.39, 0.29) is 6.54 Å². The predicted octanol–water partition coefficient (Wildman–Crippen LogP) is 0.431. The van der Waals surface area contributed by atoms with Crippen molar-refractivity contribution < 1.29 is 9.90 Å². The zero-order valence-electron chi connectivity index (χ0n) is 8.20. The molecule has 7 nitrogen and oxygen atoms in total. The average molecular weight is 239 g/mol. The molecule has 0 aliphatic rings. The number of nitrogens with one attached hydrogen (secondary N) is 1. The summed E-state index contributed by atoms with van der Waals surface area (Å²) in [6.07, 6.45) is 3.29. The van der Waals surface area contributed by atoms with Crippen molar-refractivity contribution in [3.63, 3.8) is 0 Å². The fraction of sp³-hybridized carbons (Fsp3) is 0.250. The minimum Gasteiger partial charge on any atom is -0.480 e. The number of carbonyl (C=O) groups is 1. The SMILES string of the molecule is O=C(O)Cn1cc(CNc2nccs2)nn1. The molecule has 0 saturated carbocycles. The first kappa shape index (κ1) is 10.6. The molecule has 2 aromatic rings. The Kier molecular flexibility index (Phi) is 3.10. The van der Waals surface area contributed by atoms with E-state index in [4.69, 9.17) is 5.11 Å². The molecule has 2 aromatic heterocycles. The molecule has 84 valence electrons. The monoisotopic (exact) mass is 239 g/mol. The lowest BCUT2D eigenvalue weighted by molar-refractivity contribution is -0.137. The highest BCUT2D eigenvalue weighted by molar-refractivity contribution is 7.13. The molecule has 0 aliphatic heterocycles. The van der Waals surface area contributed by atoms with Crippen molar-refractivity contribution in [3.8, 4) is 0 Å². The van der Waals surface area contributed by atoms with Gasteiger partial charge in [-0.3, -0.25) is 4.79 Å². The van der Waals surface area contributed by atoms with Gasteiger partial charge in [-0.15, -0.1) is 16.4 Å². The van der Waals surface area contributed by atoms with Crippen molar-refractivity contribution in [3.05, 3.63) is 23.5 Å². The Morgan fingerprint density at radius 2 is 2.50 bits per heavy atom. The van der Waals surface area contributed by atoms with Crippen LogP contribution in [0.25, 0.3) is 0 Å². The summed E-state index contributed by atoms with van der Waals surface area (Å²) < 4.78 is 1.28. The number of aliphatic carboxylic acids is 1. The van der Waals surface area contributed by atoms with Crippen LogP contribution < -0.4 is 5.32 Å². The molecule has 0 aliphatic carbocycles. The summed E-state index contributed by atoms with van der Waals surface area (Å²) in [7, 11) is 0. The highest BCUT2D eigenvalue weighted by atomic mass is 32.1. The van der Waals surface area contributed by atoms with Crippen LogP contribution in [-0.4, -0.2) is 31.1 Å². The Morgan fingerprint density at radius 3 is 3.19 bits per heavy atom. The maximum atomic E-state index is 10.4. The molecule has 0 aromatic carbocycles. The first-order valence-corrected chi connectivity index (χ1v) is 5.36. The van der Waals surface area contributed by atoms with E-state index in [9.17, 15) is 4.79 Å². The average Bonchev–Trinajstić information content (AvgIpc) is 2.84. The van der Waals surface area contributed by atoms with Crippen LogP contribution in [0.4, 0.5) is 5.13 Å². The van der Waals surface area contributed by atoms with Crippen LogP contribution in [-0.2, 0) is 17.9 Å². The van der Waals surface area contributed by atoms with Crippen LogP contribution >= 0.6 is 11.3 Å². The minimum absolute atomic E-state index is 0.176. The molecular formula is C8H9N5O2S. The fourth-order valence-electron chi connectivity index (χ4n) is 1.11. The number of aromatic nitrogens is 4. The predicted molar refractivity (Wildman–Crippen MR) is 57.1 cm³/mol. The molecule has 0 bridgehead atoms. The van der Waals surface area contributed by atoms with Gasteiger partial charge in [-0.25, -0.2) is 9.67 Å². The van der Waals surface area contributed by atoms with Gasteiger partial charge in [0.25, 0.3) is 0 Å². The summed E-state index contributed by atoms with van der Waals surface area (Å²) in [4.78, 5) is 14.5. The van der Waals surface area contributed by atoms with Gasteiger partial charge >= 0.3 is 5.97 Å². The van der Waals surface area contributed by atoms with Crippen molar-refractivity contribution >= 4 is 22.4 Å². The summed E-state index contributed by atoms with van der Waals surface area (Å²) in [5.41, 5.74) is 0.677. The molecular weight excluding hydrogens is 230 g/mol. The first-order chi connectivity index (χ1) is 7.74. The summed E-state index contributed by atoms with van der Waals surface area (Å²) in [5.74, 6) is -0.940. The summed E-state index contributed by atoms with van der Waals surface area (Å²) >= 11 is 1.49. The standard InChI is InChI=1S/C8H9N5O2S/c14-7(15)5-13-4-6(11-12-13)3-10-8-9-1-2-16-8/h1-2,4H,3,5H2,(H,9,10)(H,14,15). The van der Waals surface area contributed by atoms with Crippen molar-refractivity contribution in [2.45, 2.75) is 13.1 Å². The molecule has 0 atom stereocenters. The van der Waals surface area contributed by atoms with Crippen molar-refractivity contribution in [1.82, 2.24) is 20.0 Å². The molecule has 16 heavy (non-hydrogen) atoms. The number of carboxylic acids is 1. The van der Waals surface area contributed by atoms with Gasteiger partial charge < -0.3 is 10.4 Å². The molecule has 2 heterocycles. The van der Waals surface area contributed by atoms with Crippen molar-refractivity contribution in [2.75, 3.05) is 5.32 Å². The minimum atomic E-state index is -0.940. The smallest absolute Gasteiger partial charge is 0.325 e. The molecule has 8 heteroatoms. The van der Waals surface area contributed by atoms with Crippen LogP contribution in [0.1, 0.15) is 5.69 Å². The molecule has 0 radical (unpaired) electrons. The molecule has 2 rings (SSSR count). The third-order valence-corrected chi connectivity index (χ3v) is 2.47. The second-order valence-corrected chi connectivity index (χ2v) is 3.89. The molecule has 0 fully saturated rings. The van der Waals surface area contributed by atoms with Crippen LogP contribution in [0, 0.1) is 0 Å². The first-order valence-electron chi connectivity index (χ1n) is 4.48. The number of anilines is 1. The lowest BCUT2D eigenvalue weighted by atomic mass is 10.5. The number of thiazole rings is 1. The molecule has 0 unspecified atom stereocenters. The normalized spacial score (nSPS) is 10.2. The van der Waals surface area contributed by atoms with Gasteiger partial charge in [0.15, 0.2) is 5.13 Å². The van der Waals surface area contributed by atoms with Gasteiger partial charge in [0.05, 0.1) is 12.7 Å². The lowest BCUT2D eigenvalue weighted by Gasteiger charge is -1.96. The topological polar surface area (TPSA) is 92.9 Å². The Balaban J connectivity index is 1.90. The number of carboxylic acid groups (broad SMARTS) is 1. The highest BCUT2D eigenvalue weighted by Gasteiger charge is 2.04. The molecule has 0 amide bonds. The maximum Gasteiger partial charge on any atom is 0.325 e. The molecule has 0 saturated heterocycles. The zero-order valence-corrected chi connectivity index (χ0v) is 9.02. The van der Waals surface area contributed by atoms with Crippen molar-refractivity contribution in [2.24, 2.45) is 0 Å². The van der Waals surface area contributed by atoms with Gasteiger partial charge in [-0.1, -0.05) is 5.21 Å². The molecule has 0 spiro atoms. The number of nitrogens with zero attached hydrogens (tertiary/aromatic N) is 4. The quantitative estimate of drug-likeness (QED) is 0.786. The summed E-state index contributed by atoms with van der Waals surface area (Å²) in [5, 5.41) is 21.8. The number of hydrogen-bond acceptors (Lipinski definition) is 6. The lowest BCUT2D eigenvalue weighted by Crippen LogP contribution is -2.09. The Morgan fingerprint density at radius 1 is 1.62 bits per heavy atom. The van der Waals surface area contributed by atoms with Gasteiger partial charge in [0.1, 0.15) is 12.2 Å². The number of hydrogen-bond donors (Lipinski definition) is 2. The summed E-state index contributed by atoms with van der Waals surface area (Å²) in [6.45, 7) is 0.303. The molecule has 2 N–H and O–H groups in total. The highest BCUT2D eigenvalue weighted by Crippen LogP contribution is 2.11. The van der Waals surface area contributed by atoms with E-state index in [0.29, 0.717) is 12.2 Å². The fourth-order valence-corrected chi connectivity index (χ4v) is 1.64.